The average Bonchev–Trinajstić information content (AvgIpc) is 3.24. The molecule has 2 aliphatic rings. The van der Waals surface area contributed by atoms with E-state index in [1.165, 1.54) is 5.56 Å². The van der Waals surface area contributed by atoms with Gasteiger partial charge in [-0.25, -0.2) is 8.42 Å². The third-order valence-electron chi connectivity index (χ3n) is 6.64. The summed E-state index contributed by atoms with van der Waals surface area (Å²) < 4.78 is 27.5. The van der Waals surface area contributed by atoms with E-state index in [-0.39, 0.29) is 5.91 Å². The lowest BCUT2D eigenvalue weighted by atomic mass is 10.2. The zero-order valence-corrected chi connectivity index (χ0v) is 20.7. The quantitative estimate of drug-likeness (QED) is 0.652. The zero-order chi connectivity index (χ0) is 23.8. The van der Waals surface area contributed by atoms with Crippen molar-refractivity contribution in [1.29, 1.82) is 0 Å². The van der Waals surface area contributed by atoms with Crippen LogP contribution in [0.15, 0.2) is 59.5 Å². The van der Waals surface area contributed by atoms with Crippen molar-refractivity contribution in [3.63, 3.8) is 0 Å². The van der Waals surface area contributed by atoms with Crippen LogP contribution in [0.1, 0.15) is 37.7 Å². The summed E-state index contributed by atoms with van der Waals surface area (Å²) in [4.78, 5) is 17.6. The number of nitrogens with one attached hydrogen (secondary N) is 1. The number of sulfonamides is 1. The number of hydrogen-bond donors (Lipinski definition) is 1. The highest BCUT2D eigenvalue weighted by molar-refractivity contribution is 7.89. The highest BCUT2D eigenvalue weighted by atomic mass is 32.2. The first kappa shape index (κ1) is 24.9. The van der Waals surface area contributed by atoms with E-state index >= 15 is 0 Å². The van der Waals surface area contributed by atoms with Crippen LogP contribution in [0, 0.1) is 0 Å². The van der Waals surface area contributed by atoms with Gasteiger partial charge in [0.05, 0.1) is 11.4 Å². The van der Waals surface area contributed by atoms with Crippen molar-refractivity contribution in [2.75, 3.05) is 51.1 Å². The monoisotopic (exact) mass is 484 g/mol. The molecular formula is C26H36N4O3S. The minimum Gasteiger partial charge on any atom is -0.325 e. The minimum absolute atomic E-state index is 0.0698. The summed E-state index contributed by atoms with van der Waals surface area (Å²) in [5, 5.41) is 2.93. The van der Waals surface area contributed by atoms with Crippen LogP contribution in [0.5, 0.6) is 0 Å². The van der Waals surface area contributed by atoms with Gasteiger partial charge in [0.1, 0.15) is 0 Å². The predicted molar refractivity (Wildman–Crippen MR) is 135 cm³/mol. The third kappa shape index (κ3) is 6.88. The number of rotatable bonds is 7. The molecule has 4 rings (SSSR count). The number of amides is 1. The van der Waals surface area contributed by atoms with E-state index in [9.17, 15) is 13.2 Å². The molecule has 2 saturated heterocycles. The molecule has 0 bridgehead atoms. The fourth-order valence-electron chi connectivity index (χ4n) is 4.73. The number of benzene rings is 2. The van der Waals surface area contributed by atoms with E-state index in [0.717, 1.165) is 64.8 Å². The van der Waals surface area contributed by atoms with Crippen LogP contribution in [-0.2, 0) is 21.4 Å². The van der Waals surface area contributed by atoms with Gasteiger partial charge in [-0.1, -0.05) is 43.2 Å². The lowest BCUT2D eigenvalue weighted by Gasteiger charge is -2.21. The molecule has 0 aromatic heterocycles. The van der Waals surface area contributed by atoms with Crippen LogP contribution < -0.4 is 5.32 Å². The molecule has 7 nitrogen and oxygen atoms in total. The molecule has 8 heteroatoms. The molecule has 2 aromatic rings. The summed E-state index contributed by atoms with van der Waals surface area (Å²) in [7, 11) is -3.48. The molecule has 0 radical (unpaired) electrons. The summed E-state index contributed by atoms with van der Waals surface area (Å²) in [5.74, 6) is -0.0698. The summed E-state index contributed by atoms with van der Waals surface area (Å²) in [6.45, 7) is 6.16. The number of carbonyl (C=O) groups is 1. The molecule has 1 N–H and O–H groups in total. The van der Waals surface area contributed by atoms with Gasteiger partial charge in [0.2, 0.25) is 15.9 Å². The van der Waals surface area contributed by atoms with Crippen molar-refractivity contribution >= 4 is 21.6 Å². The zero-order valence-electron chi connectivity index (χ0n) is 19.9. The van der Waals surface area contributed by atoms with Crippen LogP contribution >= 0.6 is 0 Å². The molecular weight excluding hydrogens is 448 g/mol. The molecule has 2 fully saturated rings. The Hall–Kier alpha value is -2.26. The number of carbonyl (C=O) groups excluding carboxylic acids is 1. The molecule has 2 heterocycles. The van der Waals surface area contributed by atoms with Crippen molar-refractivity contribution in [3.05, 3.63) is 60.2 Å². The molecule has 0 unspecified atom stereocenters. The Bertz CT molecular complexity index is 1020. The summed E-state index contributed by atoms with van der Waals surface area (Å²) in [6, 6.07) is 17.1. The van der Waals surface area contributed by atoms with Crippen LogP contribution in [0.25, 0.3) is 0 Å². The molecule has 0 saturated carbocycles. The molecule has 184 valence electrons. The predicted octanol–water partition coefficient (Wildman–Crippen LogP) is 3.40. The molecule has 2 aliphatic heterocycles. The van der Waals surface area contributed by atoms with Crippen molar-refractivity contribution < 1.29 is 13.2 Å². The third-order valence-corrected chi connectivity index (χ3v) is 8.55. The Morgan fingerprint density at radius 3 is 2.09 bits per heavy atom. The number of hydrogen-bond acceptors (Lipinski definition) is 5. The van der Waals surface area contributed by atoms with Gasteiger partial charge in [-0.3, -0.25) is 14.6 Å². The van der Waals surface area contributed by atoms with Crippen molar-refractivity contribution in [2.24, 2.45) is 0 Å². The minimum atomic E-state index is -3.48. The van der Waals surface area contributed by atoms with Crippen molar-refractivity contribution in [1.82, 2.24) is 14.1 Å². The summed E-state index contributed by atoms with van der Waals surface area (Å²) >= 11 is 0. The van der Waals surface area contributed by atoms with Crippen LogP contribution in [-0.4, -0.2) is 74.2 Å². The maximum atomic E-state index is 12.9. The largest absolute Gasteiger partial charge is 0.325 e. The second-order valence-electron chi connectivity index (χ2n) is 9.28. The van der Waals surface area contributed by atoms with E-state index in [0.29, 0.717) is 30.2 Å². The van der Waals surface area contributed by atoms with Crippen molar-refractivity contribution in [3.8, 4) is 0 Å². The second-order valence-corrected chi connectivity index (χ2v) is 11.2. The van der Waals surface area contributed by atoms with E-state index < -0.39 is 10.0 Å². The lowest BCUT2D eigenvalue weighted by Crippen LogP contribution is -2.36. The first-order valence-corrected chi connectivity index (χ1v) is 13.8. The van der Waals surface area contributed by atoms with Gasteiger partial charge in [-0.15, -0.1) is 0 Å². The fraction of sp³-hybridized carbons (Fsp3) is 0.500. The van der Waals surface area contributed by atoms with Crippen molar-refractivity contribution in [2.45, 2.75) is 43.5 Å². The Morgan fingerprint density at radius 1 is 0.735 bits per heavy atom. The topological polar surface area (TPSA) is 73.0 Å². The number of nitrogens with zero attached hydrogens (tertiary/aromatic N) is 3. The van der Waals surface area contributed by atoms with E-state index in [2.05, 4.69) is 39.4 Å². The first-order chi connectivity index (χ1) is 16.5. The van der Waals surface area contributed by atoms with E-state index in [1.807, 2.05) is 6.07 Å². The Morgan fingerprint density at radius 2 is 1.38 bits per heavy atom. The van der Waals surface area contributed by atoms with Gasteiger partial charge in [0.15, 0.2) is 0 Å². The molecule has 0 spiro atoms. The van der Waals surface area contributed by atoms with Gasteiger partial charge >= 0.3 is 0 Å². The standard InChI is InChI=1S/C26H36N4O3S/c31-26(22-29-16-8-15-28(19-20-29)21-23-9-4-3-5-10-23)27-24-11-13-25(14-12-24)34(32,33)30-17-6-1-2-7-18-30/h3-5,9-14H,1-2,6-8,15-22H2,(H,27,31). The van der Waals surface area contributed by atoms with Crippen LogP contribution in [0.2, 0.25) is 0 Å². The SMILES string of the molecule is O=C(CN1CCCN(Cc2ccccc2)CC1)Nc1ccc(S(=O)(=O)N2CCCCCC2)cc1. The summed E-state index contributed by atoms with van der Waals surface area (Å²) in [5.41, 5.74) is 1.94. The fourth-order valence-corrected chi connectivity index (χ4v) is 6.24. The van der Waals surface area contributed by atoms with Crippen LogP contribution in [0.3, 0.4) is 0 Å². The number of anilines is 1. The maximum Gasteiger partial charge on any atom is 0.243 e. The molecule has 0 atom stereocenters. The van der Waals surface area contributed by atoms with Gasteiger partial charge in [-0.05, 0) is 62.2 Å². The highest BCUT2D eigenvalue weighted by Crippen LogP contribution is 2.22. The molecule has 0 aliphatic carbocycles. The van der Waals surface area contributed by atoms with Crippen LogP contribution in [0.4, 0.5) is 5.69 Å². The Kier molecular flexibility index (Phi) is 8.72. The Labute approximate surface area is 203 Å². The van der Waals surface area contributed by atoms with E-state index in [4.69, 9.17) is 0 Å². The molecule has 2 aromatic carbocycles. The van der Waals surface area contributed by atoms with Gasteiger partial charge < -0.3 is 5.32 Å². The van der Waals surface area contributed by atoms with Gasteiger partial charge in [0.25, 0.3) is 0 Å². The molecule has 1 amide bonds. The van der Waals surface area contributed by atoms with Gasteiger partial charge in [-0.2, -0.15) is 4.31 Å². The van der Waals surface area contributed by atoms with E-state index in [1.54, 1.807) is 28.6 Å². The maximum absolute atomic E-state index is 12.9. The highest BCUT2D eigenvalue weighted by Gasteiger charge is 2.25. The normalized spacial score (nSPS) is 19.3. The average molecular weight is 485 g/mol. The first-order valence-electron chi connectivity index (χ1n) is 12.4. The lowest BCUT2D eigenvalue weighted by molar-refractivity contribution is -0.117. The smallest absolute Gasteiger partial charge is 0.243 e. The summed E-state index contributed by atoms with van der Waals surface area (Å²) in [6.07, 6.45) is 5.02. The Balaban J connectivity index is 1.27. The molecule has 34 heavy (non-hydrogen) atoms. The van der Waals surface area contributed by atoms with Gasteiger partial charge in [0, 0.05) is 38.4 Å². The second kappa shape index (κ2) is 11.9.